The molecular formula is C12H13BrN2O2. The van der Waals surface area contributed by atoms with Crippen molar-refractivity contribution in [2.45, 2.75) is 20.8 Å². The Morgan fingerprint density at radius 1 is 1.53 bits per heavy atom. The van der Waals surface area contributed by atoms with Gasteiger partial charge in [0.1, 0.15) is 5.82 Å². The summed E-state index contributed by atoms with van der Waals surface area (Å²) in [7, 11) is 0. The van der Waals surface area contributed by atoms with Gasteiger partial charge in [-0.1, -0.05) is 15.9 Å². The molecule has 2 aromatic rings. The second kappa shape index (κ2) is 4.49. The number of halogens is 1. The number of hydrogen-bond donors (Lipinski definition) is 1. The molecule has 0 aliphatic rings. The van der Waals surface area contributed by atoms with Crippen molar-refractivity contribution in [1.29, 1.82) is 0 Å². The first kappa shape index (κ1) is 12.1. The molecule has 0 unspecified atom stereocenters. The molecule has 0 aliphatic heterocycles. The SMILES string of the molecule is CCOC(=O)c1cc(Br)c(C)c2nc(C)[nH]c12. The molecule has 0 saturated heterocycles. The molecule has 0 fully saturated rings. The number of carbonyl (C=O) groups excluding carboxylic acids is 1. The zero-order valence-corrected chi connectivity index (χ0v) is 11.5. The molecule has 4 nitrogen and oxygen atoms in total. The van der Waals surface area contributed by atoms with Crippen LogP contribution in [0.2, 0.25) is 0 Å². The standard InChI is InChI=1S/C12H13BrN2O2/c1-4-17-12(16)8-5-9(13)6(2)10-11(8)15-7(3)14-10/h5H,4H2,1-3H3,(H,14,15). The van der Waals surface area contributed by atoms with Crippen molar-refractivity contribution >= 4 is 32.9 Å². The third kappa shape index (κ3) is 2.07. The molecular weight excluding hydrogens is 284 g/mol. The number of carbonyl (C=O) groups is 1. The summed E-state index contributed by atoms with van der Waals surface area (Å²) in [4.78, 5) is 19.3. The minimum absolute atomic E-state index is 0.332. The van der Waals surface area contributed by atoms with E-state index in [1.807, 2.05) is 13.8 Å². The highest BCUT2D eigenvalue weighted by atomic mass is 79.9. The summed E-state index contributed by atoms with van der Waals surface area (Å²) in [5.74, 6) is 0.452. The van der Waals surface area contributed by atoms with Gasteiger partial charge in [0.05, 0.1) is 23.2 Å². The van der Waals surface area contributed by atoms with E-state index in [4.69, 9.17) is 4.74 Å². The number of aromatic nitrogens is 2. The zero-order valence-electron chi connectivity index (χ0n) is 9.93. The van der Waals surface area contributed by atoms with Crippen LogP contribution in [0.4, 0.5) is 0 Å². The quantitative estimate of drug-likeness (QED) is 0.866. The van der Waals surface area contributed by atoms with Gasteiger partial charge in [-0.3, -0.25) is 0 Å². The predicted molar refractivity (Wildman–Crippen MR) is 69.2 cm³/mol. The number of hydrogen-bond acceptors (Lipinski definition) is 3. The average Bonchev–Trinajstić information content (AvgIpc) is 2.66. The van der Waals surface area contributed by atoms with E-state index in [0.29, 0.717) is 12.2 Å². The summed E-state index contributed by atoms with van der Waals surface area (Å²) in [6.07, 6.45) is 0. The average molecular weight is 297 g/mol. The monoisotopic (exact) mass is 296 g/mol. The lowest BCUT2D eigenvalue weighted by molar-refractivity contribution is 0.0528. The Labute approximate surface area is 108 Å². The molecule has 1 N–H and O–H groups in total. The normalized spacial score (nSPS) is 10.8. The number of aromatic amines is 1. The molecule has 0 radical (unpaired) electrons. The van der Waals surface area contributed by atoms with E-state index in [2.05, 4.69) is 25.9 Å². The van der Waals surface area contributed by atoms with E-state index < -0.39 is 0 Å². The van der Waals surface area contributed by atoms with Crippen molar-refractivity contribution in [2.24, 2.45) is 0 Å². The molecule has 0 saturated carbocycles. The summed E-state index contributed by atoms with van der Waals surface area (Å²) in [6, 6.07) is 1.77. The summed E-state index contributed by atoms with van der Waals surface area (Å²) in [6.45, 7) is 5.97. The lowest BCUT2D eigenvalue weighted by atomic mass is 10.1. The number of H-pyrrole nitrogens is 1. The van der Waals surface area contributed by atoms with E-state index >= 15 is 0 Å². The first-order valence-corrected chi connectivity index (χ1v) is 6.16. The van der Waals surface area contributed by atoms with Gasteiger partial charge in [-0.05, 0) is 32.4 Å². The highest BCUT2D eigenvalue weighted by Gasteiger charge is 2.17. The molecule has 2 rings (SSSR count). The number of nitrogens with one attached hydrogen (secondary N) is 1. The highest BCUT2D eigenvalue weighted by Crippen LogP contribution is 2.28. The van der Waals surface area contributed by atoms with E-state index in [1.54, 1.807) is 13.0 Å². The fourth-order valence-electron chi connectivity index (χ4n) is 1.75. The van der Waals surface area contributed by atoms with Gasteiger partial charge in [-0.15, -0.1) is 0 Å². The van der Waals surface area contributed by atoms with Crippen LogP contribution in [0.1, 0.15) is 28.7 Å². The fourth-order valence-corrected chi connectivity index (χ4v) is 2.16. The van der Waals surface area contributed by atoms with Gasteiger partial charge >= 0.3 is 5.97 Å². The Morgan fingerprint density at radius 2 is 2.24 bits per heavy atom. The maximum atomic E-state index is 11.8. The van der Waals surface area contributed by atoms with E-state index in [-0.39, 0.29) is 5.97 Å². The molecule has 90 valence electrons. The number of ether oxygens (including phenoxy) is 1. The number of esters is 1. The van der Waals surface area contributed by atoms with E-state index in [0.717, 1.165) is 26.9 Å². The van der Waals surface area contributed by atoms with Crippen LogP contribution in [0, 0.1) is 13.8 Å². The van der Waals surface area contributed by atoms with Crippen molar-refractivity contribution in [3.8, 4) is 0 Å². The number of aryl methyl sites for hydroxylation is 2. The summed E-state index contributed by atoms with van der Waals surface area (Å²) < 4.78 is 5.89. The van der Waals surface area contributed by atoms with E-state index in [9.17, 15) is 4.79 Å². The molecule has 1 aromatic heterocycles. The predicted octanol–water partition coefficient (Wildman–Crippen LogP) is 3.12. The Hall–Kier alpha value is -1.36. The molecule has 0 spiro atoms. The van der Waals surface area contributed by atoms with Crippen LogP contribution in [0.3, 0.4) is 0 Å². The van der Waals surface area contributed by atoms with Crippen molar-refractivity contribution in [3.05, 3.63) is 27.5 Å². The fraction of sp³-hybridized carbons (Fsp3) is 0.333. The lowest BCUT2D eigenvalue weighted by Gasteiger charge is -2.06. The van der Waals surface area contributed by atoms with Gasteiger partial charge < -0.3 is 9.72 Å². The molecule has 1 aromatic carbocycles. The third-order valence-electron chi connectivity index (χ3n) is 2.57. The van der Waals surface area contributed by atoms with Crippen LogP contribution >= 0.6 is 15.9 Å². The number of nitrogens with zero attached hydrogens (tertiary/aromatic N) is 1. The van der Waals surface area contributed by atoms with Crippen molar-refractivity contribution < 1.29 is 9.53 Å². The van der Waals surface area contributed by atoms with Gasteiger partial charge in [-0.2, -0.15) is 0 Å². The first-order chi connectivity index (χ1) is 8.04. The lowest BCUT2D eigenvalue weighted by Crippen LogP contribution is -2.06. The van der Waals surface area contributed by atoms with Crippen LogP contribution in [-0.2, 0) is 4.74 Å². The number of fused-ring (bicyclic) bond motifs is 1. The van der Waals surface area contributed by atoms with Gasteiger partial charge in [0.15, 0.2) is 0 Å². The number of rotatable bonds is 2. The van der Waals surface area contributed by atoms with Crippen LogP contribution in [0.5, 0.6) is 0 Å². The van der Waals surface area contributed by atoms with Crippen LogP contribution in [-0.4, -0.2) is 22.5 Å². The summed E-state index contributed by atoms with van der Waals surface area (Å²) >= 11 is 3.43. The summed E-state index contributed by atoms with van der Waals surface area (Å²) in [5, 5.41) is 0. The maximum absolute atomic E-state index is 11.8. The Kier molecular flexibility index (Phi) is 3.19. The molecule has 0 amide bonds. The van der Waals surface area contributed by atoms with Crippen molar-refractivity contribution in [2.75, 3.05) is 6.61 Å². The second-order valence-electron chi connectivity index (χ2n) is 3.80. The second-order valence-corrected chi connectivity index (χ2v) is 4.65. The molecule has 0 aliphatic carbocycles. The van der Waals surface area contributed by atoms with Gasteiger partial charge in [0.2, 0.25) is 0 Å². The summed E-state index contributed by atoms with van der Waals surface area (Å²) in [5.41, 5.74) is 3.07. The Morgan fingerprint density at radius 3 is 2.88 bits per heavy atom. The van der Waals surface area contributed by atoms with Crippen LogP contribution < -0.4 is 0 Å². The Bertz CT molecular complexity index is 590. The number of benzene rings is 1. The van der Waals surface area contributed by atoms with E-state index in [1.165, 1.54) is 0 Å². The van der Waals surface area contributed by atoms with Gasteiger partial charge in [0, 0.05) is 4.47 Å². The highest BCUT2D eigenvalue weighted by molar-refractivity contribution is 9.10. The molecule has 17 heavy (non-hydrogen) atoms. The zero-order chi connectivity index (χ0) is 12.6. The third-order valence-corrected chi connectivity index (χ3v) is 3.40. The topological polar surface area (TPSA) is 55.0 Å². The molecule has 1 heterocycles. The first-order valence-electron chi connectivity index (χ1n) is 5.37. The maximum Gasteiger partial charge on any atom is 0.340 e. The molecule has 0 bridgehead atoms. The molecule has 0 atom stereocenters. The van der Waals surface area contributed by atoms with Crippen molar-refractivity contribution in [1.82, 2.24) is 9.97 Å². The molecule has 5 heteroatoms. The van der Waals surface area contributed by atoms with Crippen LogP contribution in [0.25, 0.3) is 11.0 Å². The smallest absolute Gasteiger partial charge is 0.340 e. The van der Waals surface area contributed by atoms with Crippen molar-refractivity contribution in [3.63, 3.8) is 0 Å². The Balaban J connectivity index is 2.70. The van der Waals surface area contributed by atoms with Gasteiger partial charge in [0.25, 0.3) is 0 Å². The minimum atomic E-state index is -0.332. The number of imidazole rings is 1. The minimum Gasteiger partial charge on any atom is -0.462 e. The van der Waals surface area contributed by atoms with Crippen LogP contribution in [0.15, 0.2) is 10.5 Å². The largest absolute Gasteiger partial charge is 0.462 e. The van der Waals surface area contributed by atoms with Gasteiger partial charge in [-0.25, -0.2) is 9.78 Å².